The summed E-state index contributed by atoms with van der Waals surface area (Å²) in [5, 5.41) is 18.9. The van der Waals surface area contributed by atoms with Crippen LogP contribution in [0.2, 0.25) is 0 Å². The van der Waals surface area contributed by atoms with Gasteiger partial charge in [0.15, 0.2) is 0 Å². The molecule has 76 heavy (non-hydrogen) atoms. The van der Waals surface area contributed by atoms with Crippen LogP contribution in [0, 0.1) is 0 Å². The molecule has 0 saturated heterocycles. The summed E-state index contributed by atoms with van der Waals surface area (Å²) < 4.78 is 24.1. The summed E-state index contributed by atoms with van der Waals surface area (Å²) >= 11 is 0. The summed E-state index contributed by atoms with van der Waals surface area (Å²) in [4.78, 5) is 53.9. The van der Waals surface area contributed by atoms with Crippen LogP contribution in [0.15, 0.2) is 60.7 Å². The maximum absolute atomic E-state index is 13.8. The first kappa shape index (κ1) is 68.3. The molecule has 0 fully saturated rings. The van der Waals surface area contributed by atoms with E-state index >= 15 is 0 Å². The molecule has 0 spiro atoms. The zero-order chi connectivity index (χ0) is 54.8. The van der Waals surface area contributed by atoms with Crippen LogP contribution >= 0.6 is 0 Å². The molecule has 4 N–H and O–H groups in total. The number of esters is 1. The lowest BCUT2D eigenvalue weighted by Crippen LogP contribution is -2.48. The summed E-state index contributed by atoms with van der Waals surface area (Å²) in [7, 11) is 0. The topological polar surface area (TPSA) is 162 Å². The highest BCUT2D eigenvalue weighted by molar-refractivity contribution is 5.87. The number of aliphatic hydroxyl groups is 1. The van der Waals surface area contributed by atoms with Gasteiger partial charge in [0.2, 0.25) is 17.7 Å². The molecule has 434 valence electrons. The van der Waals surface area contributed by atoms with Crippen molar-refractivity contribution >= 4 is 23.7 Å². The minimum atomic E-state index is -0.956. The van der Waals surface area contributed by atoms with Gasteiger partial charge in [-0.15, -0.1) is 0 Å². The first-order chi connectivity index (χ1) is 37.3. The predicted octanol–water partition coefficient (Wildman–Crippen LogP) is 14.5. The average Bonchev–Trinajstić information content (AvgIpc) is 3.42. The molecule has 12 nitrogen and oxygen atoms in total. The maximum Gasteiger partial charge on any atom is 0.306 e. The molecule has 2 aromatic carbocycles. The van der Waals surface area contributed by atoms with E-state index < -0.39 is 18.1 Å². The first-order valence-corrected chi connectivity index (χ1v) is 30.8. The SMILES string of the molecule is CCCCCCCCCCCC(=O)O[C@H](CCCCCCCCCCC)CC(=O)N[C@H](CCO)C(=O)NCCC[C@H](COCOCc1ccccc1)NC(=O)C[C@@H](CCCCCCCCCCC)OCc1ccccc1. The molecule has 2 rings (SSSR count). The zero-order valence-corrected chi connectivity index (χ0v) is 48.3. The third-order valence-corrected chi connectivity index (χ3v) is 14.3. The van der Waals surface area contributed by atoms with Gasteiger partial charge in [-0.25, -0.2) is 0 Å². The molecular weight excluding hydrogens is 955 g/mol. The number of carbonyl (C=O) groups is 4. The van der Waals surface area contributed by atoms with Gasteiger partial charge in [-0.3, -0.25) is 19.2 Å². The van der Waals surface area contributed by atoms with Gasteiger partial charge in [0.1, 0.15) is 18.9 Å². The van der Waals surface area contributed by atoms with Crippen LogP contribution in [-0.2, 0) is 51.3 Å². The predicted molar refractivity (Wildman–Crippen MR) is 310 cm³/mol. The number of hydrogen-bond donors (Lipinski definition) is 4. The molecule has 0 unspecified atom stereocenters. The number of rotatable bonds is 53. The van der Waals surface area contributed by atoms with Crippen LogP contribution in [-0.4, -0.2) is 79.6 Å². The lowest BCUT2D eigenvalue weighted by Gasteiger charge is -2.23. The Labute approximate surface area is 462 Å². The summed E-state index contributed by atoms with van der Waals surface area (Å²) in [5.74, 6) is -1.18. The van der Waals surface area contributed by atoms with Crippen LogP contribution in [0.5, 0.6) is 0 Å². The number of hydrogen-bond acceptors (Lipinski definition) is 9. The Morgan fingerprint density at radius 3 is 1.47 bits per heavy atom. The second-order valence-electron chi connectivity index (χ2n) is 21.4. The molecule has 0 bridgehead atoms. The first-order valence-electron chi connectivity index (χ1n) is 30.8. The smallest absolute Gasteiger partial charge is 0.306 e. The Morgan fingerprint density at radius 1 is 0.487 bits per heavy atom. The monoisotopic (exact) mass is 1060 g/mol. The third-order valence-electron chi connectivity index (χ3n) is 14.3. The van der Waals surface area contributed by atoms with E-state index in [0.717, 1.165) is 68.9 Å². The van der Waals surface area contributed by atoms with Gasteiger partial charge >= 0.3 is 5.97 Å². The molecule has 0 aromatic heterocycles. The van der Waals surface area contributed by atoms with E-state index in [0.29, 0.717) is 38.9 Å². The highest BCUT2D eigenvalue weighted by atomic mass is 16.7. The van der Waals surface area contributed by atoms with Gasteiger partial charge in [0.25, 0.3) is 0 Å². The zero-order valence-electron chi connectivity index (χ0n) is 48.3. The highest BCUT2D eigenvalue weighted by Crippen LogP contribution is 2.19. The van der Waals surface area contributed by atoms with Gasteiger partial charge < -0.3 is 40.0 Å². The molecule has 0 aliphatic carbocycles. The average molecular weight is 1060 g/mol. The van der Waals surface area contributed by atoms with Crippen molar-refractivity contribution in [3.63, 3.8) is 0 Å². The van der Waals surface area contributed by atoms with E-state index in [9.17, 15) is 24.3 Å². The van der Waals surface area contributed by atoms with Crippen molar-refractivity contribution < 1.29 is 43.2 Å². The number of benzene rings is 2. The number of nitrogens with one attached hydrogen (secondary N) is 3. The Bertz CT molecular complexity index is 1670. The molecule has 0 heterocycles. The van der Waals surface area contributed by atoms with Crippen molar-refractivity contribution in [1.29, 1.82) is 0 Å². The summed E-state index contributed by atoms with van der Waals surface area (Å²) in [6.07, 6.45) is 34.1. The minimum Gasteiger partial charge on any atom is -0.462 e. The van der Waals surface area contributed by atoms with Gasteiger partial charge in [-0.1, -0.05) is 242 Å². The summed E-state index contributed by atoms with van der Waals surface area (Å²) in [6, 6.07) is 18.6. The van der Waals surface area contributed by atoms with Crippen LogP contribution in [0.4, 0.5) is 0 Å². The van der Waals surface area contributed by atoms with Gasteiger partial charge in [-0.05, 0) is 56.1 Å². The Kier molecular flexibility index (Phi) is 44.4. The number of aliphatic hydroxyl groups excluding tert-OH is 1. The van der Waals surface area contributed by atoms with E-state index in [4.69, 9.17) is 18.9 Å². The second kappa shape index (κ2) is 49.5. The molecule has 12 heteroatoms. The molecule has 2 aromatic rings. The van der Waals surface area contributed by atoms with E-state index in [1.54, 1.807) is 0 Å². The lowest BCUT2D eigenvalue weighted by atomic mass is 10.0. The molecule has 4 atom stereocenters. The summed E-state index contributed by atoms with van der Waals surface area (Å²) in [6.45, 7) is 7.81. The standard InChI is InChI=1S/C64H109N3O9/c1-4-7-10-13-16-19-22-25-34-43-58(75-52-56-40-32-29-33-41-56)49-61(69)66-57(53-74-54-73-51-55-38-30-28-31-39-55)42-37-47-65-64(72)60(46-48-68)67-62(70)50-59(44-35-26-23-20-17-14-11-8-5-2)76-63(71)45-36-27-24-21-18-15-12-9-6-3/h28-33,38-41,57-60,68H,4-27,34-37,42-54H2,1-3H3,(H,65,72)(H,66,69)(H,67,70)/t57-,58-,59-,60-/m1/s1. The van der Waals surface area contributed by atoms with Crippen molar-refractivity contribution in [1.82, 2.24) is 16.0 Å². The molecule has 0 radical (unpaired) electrons. The van der Waals surface area contributed by atoms with Gasteiger partial charge in [0, 0.05) is 19.6 Å². The van der Waals surface area contributed by atoms with Crippen LogP contribution < -0.4 is 16.0 Å². The number of amides is 3. The van der Waals surface area contributed by atoms with Crippen molar-refractivity contribution in [2.75, 3.05) is 26.6 Å². The Hall–Kier alpha value is -3.84. The minimum absolute atomic E-state index is 0.0382. The van der Waals surface area contributed by atoms with E-state index in [1.807, 2.05) is 60.7 Å². The Morgan fingerprint density at radius 2 is 0.947 bits per heavy atom. The van der Waals surface area contributed by atoms with E-state index in [-0.39, 0.29) is 75.7 Å². The van der Waals surface area contributed by atoms with Crippen LogP contribution in [0.25, 0.3) is 0 Å². The molecular formula is C64H109N3O9. The summed E-state index contributed by atoms with van der Waals surface area (Å²) in [5.41, 5.74) is 2.10. The van der Waals surface area contributed by atoms with E-state index in [2.05, 4.69) is 36.7 Å². The van der Waals surface area contributed by atoms with Crippen LogP contribution in [0.1, 0.15) is 257 Å². The molecule has 0 saturated carbocycles. The second-order valence-corrected chi connectivity index (χ2v) is 21.4. The van der Waals surface area contributed by atoms with Crippen molar-refractivity contribution in [2.24, 2.45) is 0 Å². The fourth-order valence-electron chi connectivity index (χ4n) is 9.64. The van der Waals surface area contributed by atoms with Gasteiger partial charge in [-0.2, -0.15) is 0 Å². The third kappa shape index (κ3) is 39.5. The maximum atomic E-state index is 13.8. The van der Waals surface area contributed by atoms with Crippen molar-refractivity contribution in [3.05, 3.63) is 71.8 Å². The van der Waals surface area contributed by atoms with Gasteiger partial charge in [0.05, 0.1) is 44.8 Å². The fraction of sp³-hybridized carbons (Fsp3) is 0.750. The number of unbranched alkanes of at least 4 members (excludes halogenated alkanes) is 24. The Balaban J connectivity index is 1.99. The molecule has 0 aliphatic heterocycles. The van der Waals surface area contributed by atoms with E-state index in [1.165, 1.54) is 122 Å². The van der Waals surface area contributed by atoms with Crippen LogP contribution in [0.3, 0.4) is 0 Å². The van der Waals surface area contributed by atoms with Crippen molar-refractivity contribution in [3.8, 4) is 0 Å². The van der Waals surface area contributed by atoms with Crippen molar-refractivity contribution in [2.45, 2.75) is 283 Å². The molecule has 0 aliphatic rings. The quantitative estimate of drug-likeness (QED) is 0.0287. The number of carbonyl (C=O) groups excluding carboxylic acids is 4. The fourth-order valence-corrected chi connectivity index (χ4v) is 9.64. The highest BCUT2D eigenvalue weighted by Gasteiger charge is 2.25. The largest absolute Gasteiger partial charge is 0.462 e. The number of ether oxygens (including phenoxy) is 4. The molecule has 3 amide bonds. The normalized spacial score (nSPS) is 12.9. The lowest BCUT2D eigenvalue weighted by molar-refractivity contribution is -0.151.